The van der Waals surface area contributed by atoms with E-state index in [1.807, 2.05) is 0 Å². The molecule has 1 rings (SSSR count). The average molecular weight is 189 g/mol. The van der Waals surface area contributed by atoms with E-state index >= 15 is 0 Å². The van der Waals surface area contributed by atoms with Gasteiger partial charge in [-0.1, -0.05) is 0 Å². The van der Waals surface area contributed by atoms with Crippen LogP contribution in [0.15, 0.2) is 4.79 Å². The van der Waals surface area contributed by atoms with Crippen LogP contribution >= 0.6 is 23.2 Å². The quantitative estimate of drug-likeness (QED) is 0.458. The Balaban J connectivity index is 0.000000810. The molecule has 1 aromatic heterocycles. The summed E-state index contributed by atoms with van der Waals surface area (Å²) >= 11 is 10.5. The van der Waals surface area contributed by atoms with Gasteiger partial charge in [0.05, 0.1) is 0 Å². The van der Waals surface area contributed by atoms with Crippen molar-refractivity contribution in [3.63, 3.8) is 0 Å². The smallest absolute Gasteiger partial charge is 0.280 e. The first kappa shape index (κ1) is 10.4. The largest absolute Gasteiger partial charge is 1.00 e. The van der Waals surface area contributed by atoms with Gasteiger partial charge in [0.1, 0.15) is 0 Å². The van der Waals surface area contributed by atoms with Gasteiger partial charge in [-0.25, -0.2) is 4.79 Å². The predicted octanol–water partition coefficient (Wildman–Crippen LogP) is -2.52. The van der Waals surface area contributed by atoms with Gasteiger partial charge in [-0.2, -0.15) is 9.97 Å². The molecule has 0 spiro atoms. The Hall–Kier alpha value is 0.390. The summed E-state index contributed by atoms with van der Waals surface area (Å²) in [6.45, 7) is 0. The number of aromatic amines is 1. The molecule has 48 valence electrons. The zero-order valence-corrected chi connectivity index (χ0v) is 8.57. The van der Waals surface area contributed by atoms with Crippen LogP contribution in [0.5, 0.6) is 0 Å². The summed E-state index contributed by atoms with van der Waals surface area (Å²) in [5, 5.41) is -0.205. The van der Waals surface area contributed by atoms with Crippen molar-refractivity contribution >= 4 is 23.2 Å². The first-order valence-electron chi connectivity index (χ1n) is 1.98. The summed E-state index contributed by atoms with van der Waals surface area (Å²) < 4.78 is 0. The molecule has 7 heteroatoms. The molecule has 0 saturated carbocycles. The molecule has 1 heterocycles. The maximum Gasteiger partial charge on any atom is 1.00 e. The fraction of sp³-hybridized carbons (Fsp3) is 0. The molecule has 0 aliphatic rings. The van der Waals surface area contributed by atoms with Crippen molar-refractivity contribution in [3.8, 4) is 0 Å². The summed E-state index contributed by atoms with van der Waals surface area (Å²) in [7, 11) is 0. The molecule has 0 unspecified atom stereocenters. The number of halogens is 2. The Bertz CT molecular complexity index is 251. The molecule has 1 N–H and O–H groups in total. The molecule has 0 bridgehead atoms. The summed E-state index contributed by atoms with van der Waals surface area (Å²) in [4.78, 5) is 19.0. The summed E-state index contributed by atoms with van der Waals surface area (Å²) in [5.41, 5.74) is -0.597. The molecular formula is C3HCl2N3NaO+. The Kier molecular flexibility index (Phi) is 4.47. The van der Waals surface area contributed by atoms with Crippen molar-refractivity contribution < 1.29 is 29.6 Å². The second-order valence-corrected chi connectivity index (χ2v) is 1.91. The van der Waals surface area contributed by atoms with Crippen LogP contribution in [0.25, 0.3) is 0 Å². The Labute approximate surface area is 88.3 Å². The molecule has 10 heavy (non-hydrogen) atoms. The Morgan fingerprint density at radius 2 is 1.90 bits per heavy atom. The van der Waals surface area contributed by atoms with Crippen molar-refractivity contribution in [1.82, 2.24) is 15.0 Å². The Morgan fingerprint density at radius 1 is 1.30 bits per heavy atom. The molecule has 0 aliphatic carbocycles. The predicted molar refractivity (Wildman–Crippen MR) is 32.7 cm³/mol. The van der Waals surface area contributed by atoms with E-state index in [0.717, 1.165) is 0 Å². The van der Waals surface area contributed by atoms with Gasteiger partial charge in [0.15, 0.2) is 0 Å². The standard InChI is InChI=1S/C3HCl2N3O.Na/c4-1-6-2(5)8-3(9)7-1;/h(H,6,7,8,9);/q;+1. The molecule has 1 aromatic rings. The number of nitrogens with zero attached hydrogens (tertiary/aromatic N) is 2. The number of aromatic nitrogens is 3. The number of rotatable bonds is 0. The molecule has 0 amide bonds. The fourth-order valence-electron chi connectivity index (χ4n) is 0.334. The molecule has 4 nitrogen and oxygen atoms in total. The van der Waals surface area contributed by atoms with Crippen molar-refractivity contribution in [2.24, 2.45) is 0 Å². The van der Waals surface area contributed by atoms with Crippen LogP contribution < -0.4 is 35.2 Å². The number of nitrogens with one attached hydrogen (secondary N) is 1. The van der Waals surface area contributed by atoms with Gasteiger partial charge in [-0.15, -0.1) is 0 Å². The van der Waals surface area contributed by atoms with Crippen LogP contribution in [0, 0.1) is 0 Å². The van der Waals surface area contributed by atoms with E-state index in [1.165, 1.54) is 0 Å². The maximum atomic E-state index is 10.3. The van der Waals surface area contributed by atoms with E-state index in [-0.39, 0.29) is 40.1 Å². The maximum absolute atomic E-state index is 10.3. The summed E-state index contributed by atoms with van der Waals surface area (Å²) in [5.74, 6) is 0. The molecule has 0 aliphatic heterocycles. The molecule has 0 atom stereocenters. The zero-order chi connectivity index (χ0) is 6.85. The van der Waals surface area contributed by atoms with E-state index in [4.69, 9.17) is 23.2 Å². The van der Waals surface area contributed by atoms with Gasteiger partial charge in [-0.3, -0.25) is 4.98 Å². The minimum atomic E-state index is -0.597. The third-order valence-electron chi connectivity index (χ3n) is 0.594. The average Bonchev–Trinajstić information content (AvgIpc) is 1.59. The van der Waals surface area contributed by atoms with Crippen LogP contribution in [-0.2, 0) is 0 Å². The van der Waals surface area contributed by atoms with Gasteiger partial charge in [0, 0.05) is 0 Å². The first-order chi connectivity index (χ1) is 4.18. The van der Waals surface area contributed by atoms with Crippen molar-refractivity contribution in [2.75, 3.05) is 0 Å². The Morgan fingerprint density at radius 3 is 2.30 bits per heavy atom. The van der Waals surface area contributed by atoms with E-state index in [1.54, 1.807) is 0 Å². The minimum absolute atomic E-state index is 0. The number of H-pyrrole nitrogens is 1. The minimum Gasteiger partial charge on any atom is -0.280 e. The topological polar surface area (TPSA) is 58.6 Å². The summed E-state index contributed by atoms with van der Waals surface area (Å²) in [6, 6.07) is 0. The second kappa shape index (κ2) is 4.31. The molecule has 0 fully saturated rings. The second-order valence-electron chi connectivity index (χ2n) is 1.21. The molecule has 0 aromatic carbocycles. The van der Waals surface area contributed by atoms with E-state index in [0.29, 0.717) is 0 Å². The van der Waals surface area contributed by atoms with Crippen LogP contribution in [-0.4, -0.2) is 15.0 Å². The number of hydrogen-bond acceptors (Lipinski definition) is 3. The SMILES string of the molecule is O=c1nc(Cl)nc(Cl)[nH]1.[Na+]. The van der Waals surface area contributed by atoms with Gasteiger partial charge >= 0.3 is 35.2 Å². The van der Waals surface area contributed by atoms with Crippen LogP contribution in [0.2, 0.25) is 10.6 Å². The monoisotopic (exact) mass is 188 g/mol. The van der Waals surface area contributed by atoms with Crippen molar-refractivity contribution in [1.29, 1.82) is 0 Å². The van der Waals surface area contributed by atoms with Gasteiger partial charge in [-0.05, 0) is 23.2 Å². The van der Waals surface area contributed by atoms with Gasteiger partial charge in [0.25, 0.3) is 0 Å². The van der Waals surface area contributed by atoms with Crippen LogP contribution in [0.1, 0.15) is 0 Å². The van der Waals surface area contributed by atoms with E-state index in [9.17, 15) is 4.79 Å². The first-order valence-corrected chi connectivity index (χ1v) is 2.73. The molecular weight excluding hydrogens is 188 g/mol. The molecule has 0 saturated heterocycles. The van der Waals surface area contributed by atoms with Crippen molar-refractivity contribution in [2.45, 2.75) is 0 Å². The van der Waals surface area contributed by atoms with Crippen molar-refractivity contribution in [3.05, 3.63) is 21.1 Å². The summed E-state index contributed by atoms with van der Waals surface area (Å²) in [6.07, 6.45) is 0. The third-order valence-corrected chi connectivity index (χ3v) is 0.942. The zero-order valence-electron chi connectivity index (χ0n) is 5.06. The van der Waals surface area contributed by atoms with E-state index in [2.05, 4.69) is 15.0 Å². The normalized spacial score (nSPS) is 8.60. The number of hydrogen-bond donors (Lipinski definition) is 1. The fourth-order valence-corrected chi connectivity index (χ4v) is 0.699. The van der Waals surface area contributed by atoms with Crippen LogP contribution in [0.3, 0.4) is 0 Å². The van der Waals surface area contributed by atoms with E-state index < -0.39 is 5.69 Å². The van der Waals surface area contributed by atoms with Gasteiger partial charge in [0.2, 0.25) is 10.6 Å². The molecule has 0 radical (unpaired) electrons. The third kappa shape index (κ3) is 2.98. The van der Waals surface area contributed by atoms with Crippen LogP contribution in [0.4, 0.5) is 0 Å². The van der Waals surface area contributed by atoms with Gasteiger partial charge < -0.3 is 0 Å².